The molecule has 2 N–H and O–H groups in total. The summed E-state index contributed by atoms with van der Waals surface area (Å²) in [5.41, 5.74) is -0.0794. The normalized spacial score (nSPS) is 12.9. The Morgan fingerprint density at radius 2 is 2.14 bits per heavy atom. The number of carbonyl (C=O) groups excluding carboxylic acids is 1. The van der Waals surface area contributed by atoms with Gasteiger partial charge in [-0.3, -0.25) is 0 Å². The number of aliphatic hydroxyl groups is 1. The average Bonchev–Trinajstić information content (AvgIpc) is 2.36. The fourth-order valence-corrected chi connectivity index (χ4v) is 2.16. The first-order chi connectivity index (χ1) is 9.71. The van der Waals surface area contributed by atoms with E-state index in [-0.39, 0.29) is 24.9 Å². The van der Waals surface area contributed by atoms with Gasteiger partial charge in [-0.05, 0) is 51.0 Å². The highest BCUT2D eigenvalue weighted by Crippen LogP contribution is 2.18. The highest BCUT2D eigenvalue weighted by atomic mass is 79.9. The number of hydrogen-bond acceptors (Lipinski definition) is 3. The zero-order chi connectivity index (χ0) is 16.0. The van der Waals surface area contributed by atoms with Crippen molar-refractivity contribution in [2.75, 3.05) is 13.2 Å². The summed E-state index contributed by atoms with van der Waals surface area (Å²) in [6.45, 7) is 5.38. The van der Waals surface area contributed by atoms with Crippen LogP contribution in [0.3, 0.4) is 0 Å². The molecule has 21 heavy (non-hydrogen) atoms. The van der Waals surface area contributed by atoms with E-state index < -0.39 is 11.7 Å². The second kappa shape index (κ2) is 7.75. The van der Waals surface area contributed by atoms with E-state index in [9.17, 15) is 14.3 Å². The molecule has 0 fully saturated rings. The van der Waals surface area contributed by atoms with Gasteiger partial charge in [-0.2, -0.15) is 0 Å². The standard InChI is InChI=1S/C15H21BrFNO3/c1-15(2,3)21-14(20)18-8-10(9-19)6-11-7-12(16)4-5-13(11)17/h4-5,7,10,19H,6,8-9H2,1-3H3,(H,18,20)/t10-/m0/s1. The lowest BCUT2D eigenvalue weighted by Crippen LogP contribution is -2.36. The lowest BCUT2D eigenvalue weighted by Gasteiger charge is -2.21. The summed E-state index contributed by atoms with van der Waals surface area (Å²) < 4.78 is 19.6. The molecule has 0 bridgehead atoms. The van der Waals surface area contributed by atoms with E-state index >= 15 is 0 Å². The fourth-order valence-electron chi connectivity index (χ4n) is 1.75. The number of amides is 1. The molecule has 0 radical (unpaired) electrons. The Morgan fingerprint density at radius 3 is 2.71 bits per heavy atom. The molecule has 1 aromatic carbocycles. The van der Waals surface area contributed by atoms with Crippen LogP contribution in [0.25, 0.3) is 0 Å². The smallest absolute Gasteiger partial charge is 0.407 e. The maximum atomic E-state index is 13.7. The summed E-state index contributed by atoms with van der Waals surface area (Å²) in [4.78, 5) is 11.6. The maximum absolute atomic E-state index is 13.7. The average molecular weight is 362 g/mol. The van der Waals surface area contributed by atoms with Gasteiger partial charge >= 0.3 is 6.09 Å². The van der Waals surface area contributed by atoms with Gasteiger partial charge in [0.1, 0.15) is 11.4 Å². The van der Waals surface area contributed by atoms with Crippen LogP contribution in [0.2, 0.25) is 0 Å². The molecule has 0 aliphatic carbocycles. The molecule has 0 aliphatic rings. The van der Waals surface area contributed by atoms with Crippen molar-refractivity contribution in [3.63, 3.8) is 0 Å². The molecule has 0 spiro atoms. The molecule has 0 saturated heterocycles. The second-order valence-electron chi connectivity index (χ2n) is 5.87. The van der Waals surface area contributed by atoms with Crippen LogP contribution >= 0.6 is 15.9 Å². The maximum Gasteiger partial charge on any atom is 0.407 e. The Kier molecular flexibility index (Phi) is 6.61. The first-order valence-electron chi connectivity index (χ1n) is 6.73. The molecule has 0 aromatic heterocycles. The summed E-state index contributed by atoms with van der Waals surface area (Å²) in [6, 6.07) is 4.66. The number of rotatable bonds is 5. The van der Waals surface area contributed by atoms with Crippen LogP contribution in [-0.4, -0.2) is 30.0 Å². The lowest BCUT2D eigenvalue weighted by atomic mass is 9.99. The van der Waals surface area contributed by atoms with Crippen molar-refractivity contribution >= 4 is 22.0 Å². The molecule has 0 aliphatic heterocycles. The zero-order valence-electron chi connectivity index (χ0n) is 12.5. The van der Waals surface area contributed by atoms with Crippen molar-refractivity contribution in [3.05, 3.63) is 34.1 Å². The fraction of sp³-hybridized carbons (Fsp3) is 0.533. The molecule has 118 valence electrons. The Bertz CT molecular complexity index is 488. The van der Waals surface area contributed by atoms with E-state index in [0.29, 0.717) is 12.0 Å². The predicted molar refractivity (Wildman–Crippen MR) is 82.6 cm³/mol. The summed E-state index contributed by atoms with van der Waals surface area (Å²) in [5.74, 6) is -0.602. The van der Waals surface area contributed by atoms with Crippen LogP contribution in [0, 0.1) is 11.7 Å². The van der Waals surface area contributed by atoms with Crippen LogP contribution in [0.5, 0.6) is 0 Å². The van der Waals surface area contributed by atoms with Gasteiger partial charge in [0, 0.05) is 23.5 Å². The van der Waals surface area contributed by atoms with E-state index in [0.717, 1.165) is 4.47 Å². The quantitative estimate of drug-likeness (QED) is 0.845. The molecule has 6 heteroatoms. The number of halogens is 2. The molecule has 1 atom stereocenters. The van der Waals surface area contributed by atoms with Crippen LogP contribution < -0.4 is 5.32 Å². The highest BCUT2D eigenvalue weighted by molar-refractivity contribution is 9.10. The van der Waals surface area contributed by atoms with Gasteiger partial charge in [-0.1, -0.05) is 15.9 Å². The number of nitrogens with one attached hydrogen (secondary N) is 1. The van der Waals surface area contributed by atoms with Crippen LogP contribution in [0.15, 0.2) is 22.7 Å². The summed E-state index contributed by atoms with van der Waals surface area (Å²) in [7, 11) is 0. The SMILES string of the molecule is CC(C)(C)OC(=O)NC[C@@H](CO)Cc1cc(Br)ccc1F. The minimum Gasteiger partial charge on any atom is -0.444 e. The van der Waals surface area contributed by atoms with E-state index in [2.05, 4.69) is 21.2 Å². The number of aliphatic hydroxyl groups excluding tert-OH is 1. The minimum atomic E-state index is -0.574. The van der Waals surface area contributed by atoms with Gasteiger partial charge in [0.15, 0.2) is 0 Å². The van der Waals surface area contributed by atoms with Gasteiger partial charge in [-0.15, -0.1) is 0 Å². The van der Waals surface area contributed by atoms with Crippen LogP contribution in [0.4, 0.5) is 9.18 Å². The van der Waals surface area contributed by atoms with E-state index in [1.165, 1.54) is 6.07 Å². The van der Waals surface area contributed by atoms with E-state index in [1.807, 2.05) is 0 Å². The van der Waals surface area contributed by atoms with Crippen molar-refractivity contribution in [2.45, 2.75) is 32.8 Å². The number of alkyl carbamates (subject to hydrolysis) is 1. The number of ether oxygens (including phenoxy) is 1. The minimum absolute atomic E-state index is 0.151. The summed E-state index contributed by atoms with van der Waals surface area (Å²) in [5, 5.41) is 12.0. The Hall–Kier alpha value is -1.14. The third kappa shape index (κ3) is 6.91. The molecule has 1 rings (SSSR count). The van der Waals surface area contributed by atoms with E-state index in [1.54, 1.807) is 32.9 Å². The van der Waals surface area contributed by atoms with E-state index in [4.69, 9.17) is 4.74 Å². The van der Waals surface area contributed by atoms with Gasteiger partial charge < -0.3 is 15.2 Å². The first kappa shape index (κ1) is 17.9. The molecule has 0 heterocycles. The topological polar surface area (TPSA) is 58.6 Å². The monoisotopic (exact) mass is 361 g/mol. The summed E-state index contributed by atoms with van der Waals surface area (Å²) in [6.07, 6.45) is -0.215. The molecule has 4 nitrogen and oxygen atoms in total. The molecule has 0 unspecified atom stereocenters. The third-order valence-electron chi connectivity index (χ3n) is 2.71. The Morgan fingerprint density at radius 1 is 1.48 bits per heavy atom. The highest BCUT2D eigenvalue weighted by Gasteiger charge is 2.18. The van der Waals surface area contributed by atoms with Crippen molar-refractivity contribution in [1.29, 1.82) is 0 Å². The van der Waals surface area contributed by atoms with Gasteiger partial charge in [-0.25, -0.2) is 9.18 Å². The lowest BCUT2D eigenvalue weighted by molar-refractivity contribution is 0.0512. The second-order valence-corrected chi connectivity index (χ2v) is 6.79. The molecule has 1 aromatic rings. The number of hydrogen-bond donors (Lipinski definition) is 2. The predicted octanol–water partition coefficient (Wildman–Crippen LogP) is 3.26. The first-order valence-corrected chi connectivity index (χ1v) is 7.52. The molecular weight excluding hydrogens is 341 g/mol. The Balaban J connectivity index is 2.56. The van der Waals surface area contributed by atoms with Gasteiger partial charge in [0.05, 0.1) is 0 Å². The molecule has 1 amide bonds. The van der Waals surface area contributed by atoms with Crippen molar-refractivity contribution < 1.29 is 19.0 Å². The molecule has 0 saturated carbocycles. The van der Waals surface area contributed by atoms with Crippen molar-refractivity contribution in [3.8, 4) is 0 Å². The van der Waals surface area contributed by atoms with Crippen LogP contribution in [0.1, 0.15) is 26.3 Å². The van der Waals surface area contributed by atoms with Crippen molar-refractivity contribution in [2.24, 2.45) is 5.92 Å². The van der Waals surface area contributed by atoms with Crippen LogP contribution in [-0.2, 0) is 11.2 Å². The zero-order valence-corrected chi connectivity index (χ0v) is 14.0. The van der Waals surface area contributed by atoms with Gasteiger partial charge in [0.25, 0.3) is 0 Å². The summed E-state index contributed by atoms with van der Waals surface area (Å²) >= 11 is 3.28. The third-order valence-corrected chi connectivity index (χ3v) is 3.20. The van der Waals surface area contributed by atoms with Gasteiger partial charge in [0.2, 0.25) is 0 Å². The molecular formula is C15H21BrFNO3. The van der Waals surface area contributed by atoms with Crippen molar-refractivity contribution in [1.82, 2.24) is 5.32 Å². The number of carbonyl (C=O) groups is 1. The number of benzene rings is 1. The largest absolute Gasteiger partial charge is 0.444 e. The Labute approximate surface area is 132 Å².